The van der Waals surface area contributed by atoms with E-state index in [9.17, 15) is 10.1 Å². The Kier molecular flexibility index (Phi) is 4.68. The van der Waals surface area contributed by atoms with Crippen LogP contribution in [0.1, 0.15) is 5.56 Å². The second-order valence-corrected chi connectivity index (χ2v) is 3.31. The van der Waals surface area contributed by atoms with Crippen molar-refractivity contribution < 1.29 is 19.9 Å². The first-order chi connectivity index (χ1) is 8.10. The van der Waals surface area contributed by atoms with Gasteiger partial charge in [-0.3, -0.25) is 10.1 Å². The van der Waals surface area contributed by atoms with Gasteiger partial charge in [0.1, 0.15) is 12.4 Å². The number of anilines is 1. The highest BCUT2D eigenvalue weighted by Crippen LogP contribution is 2.30. The number of ether oxygens (including phenoxy) is 1. The summed E-state index contributed by atoms with van der Waals surface area (Å²) in [6, 6.07) is 2.45. The Hall–Kier alpha value is -1.86. The molecule has 4 N–H and O–H groups in total. The number of hydrogen-bond donors (Lipinski definition) is 3. The monoisotopic (exact) mass is 242 g/mol. The van der Waals surface area contributed by atoms with Crippen molar-refractivity contribution in [2.75, 3.05) is 25.6 Å². The van der Waals surface area contributed by atoms with Gasteiger partial charge in [0, 0.05) is 30.3 Å². The van der Waals surface area contributed by atoms with Gasteiger partial charge in [-0.15, -0.1) is 0 Å². The van der Waals surface area contributed by atoms with Crippen LogP contribution >= 0.6 is 0 Å². The Morgan fingerprint density at radius 2 is 2.06 bits per heavy atom. The maximum absolute atomic E-state index is 10.6. The lowest BCUT2D eigenvalue weighted by atomic mass is 10.1. The molecule has 0 unspecified atom stereocenters. The molecule has 0 fully saturated rings. The average molecular weight is 242 g/mol. The maximum atomic E-state index is 10.6. The Morgan fingerprint density at radius 1 is 1.35 bits per heavy atom. The molecule has 0 bridgehead atoms. The van der Waals surface area contributed by atoms with E-state index >= 15 is 0 Å². The van der Waals surface area contributed by atoms with Gasteiger partial charge in [-0.2, -0.15) is 0 Å². The van der Waals surface area contributed by atoms with Crippen molar-refractivity contribution in [1.29, 1.82) is 0 Å². The van der Waals surface area contributed by atoms with E-state index in [1.165, 1.54) is 12.1 Å². The molecule has 0 radical (unpaired) electrons. The summed E-state index contributed by atoms with van der Waals surface area (Å²) >= 11 is 0. The molecule has 1 aromatic carbocycles. The van der Waals surface area contributed by atoms with Crippen molar-refractivity contribution in [3.05, 3.63) is 27.8 Å². The van der Waals surface area contributed by atoms with Crippen LogP contribution in [0.25, 0.3) is 0 Å². The Morgan fingerprint density at radius 3 is 2.59 bits per heavy atom. The number of nitrogens with zero attached hydrogens (tertiary/aromatic N) is 1. The molecule has 7 nitrogen and oxygen atoms in total. The van der Waals surface area contributed by atoms with Gasteiger partial charge >= 0.3 is 0 Å². The summed E-state index contributed by atoms with van der Waals surface area (Å²) in [4.78, 5) is 10.1. The minimum atomic E-state index is -0.578. The van der Waals surface area contributed by atoms with Crippen LogP contribution in [0.3, 0.4) is 0 Å². The predicted molar refractivity (Wildman–Crippen MR) is 60.9 cm³/mol. The molecule has 94 valence electrons. The molecule has 0 amide bonds. The van der Waals surface area contributed by atoms with Crippen LogP contribution in [-0.2, 0) is 6.42 Å². The van der Waals surface area contributed by atoms with Crippen LogP contribution in [0.15, 0.2) is 12.1 Å². The molecule has 0 saturated carbocycles. The van der Waals surface area contributed by atoms with Crippen molar-refractivity contribution in [1.82, 2.24) is 0 Å². The zero-order valence-electron chi connectivity index (χ0n) is 9.13. The molecule has 17 heavy (non-hydrogen) atoms. The average Bonchev–Trinajstić information content (AvgIpc) is 2.29. The number of benzene rings is 1. The summed E-state index contributed by atoms with van der Waals surface area (Å²) in [7, 11) is 0. The van der Waals surface area contributed by atoms with Gasteiger partial charge in [0.25, 0.3) is 5.69 Å². The summed E-state index contributed by atoms with van der Waals surface area (Å²) in [6.07, 6.45) is 0.241. The highest BCUT2D eigenvalue weighted by molar-refractivity contribution is 5.61. The van der Waals surface area contributed by atoms with Gasteiger partial charge in [-0.05, 0) is 0 Å². The third-order valence-electron chi connectivity index (χ3n) is 2.15. The van der Waals surface area contributed by atoms with E-state index in [2.05, 4.69) is 0 Å². The topological polar surface area (TPSA) is 119 Å². The van der Waals surface area contributed by atoms with Crippen LogP contribution in [0, 0.1) is 10.1 Å². The number of aliphatic hydroxyl groups is 2. The molecule has 0 atom stereocenters. The summed E-state index contributed by atoms with van der Waals surface area (Å²) < 4.78 is 5.16. The second-order valence-electron chi connectivity index (χ2n) is 3.31. The Bertz CT molecular complexity index is 408. The van der Waals surface area contributed by atoms with E-state index in [0.29, 0.717) is 5.56 Å². The number of rotatable bonds is 6. The molecule has 0 aliphatic carbocycles. The Balaban J connectivity index is 3.13. The summed E-state index contributed by atoms with van der Waals surface area (Å²) in [6.45, 7) is -0.336. The highest BCUT2D eigenvalue weighted by Gasteiger charge is 2.15. The zero-order valence-corrected chi connectivity index (χ0v) is 9.13. The number of hydrogen-bond acceptors (Lipinski definition) is 6. The molecule has 0 aromatic heterocycles. The first kappa shape index (κ1) is 13.2. The normalized spacial score (nSPS) is 10.2. The molecule has 1 aromatic rings. The fourth-order valence-corrected chi connectivity index (χ4v) is 1.42. The second kappa shape index (κ2) is 6.02. The van der Waals surface area contributed by atoms with Crippen LogP contribution < -0.4 is 10.5 Å². The smallest absolute Gasteiger partial charge is 0.275 e. The molecule has 0 saturated heterocycles. The third kappa shape index (κ3) is 3.30. The number of nitrogen functional groups attached to an aromatic ring is 1. The van der Waals surface area contributed by atoms with Crippen molar-refractivity contribution >= 4 is 11.4 Å². The highest BCUT2D eigenvalue weighted by atomic mass is 16.6. The van der Waals surface area contributed by atoms with Crippen molar-refractivity contribution in [3.63, 3.8) is 0 Å². The fraction of sp³-hybridized carbons (Fsp3) is 0.400. The van der Waals surface area contributed by atoms with Gasteiger partial charge < -0.3 is 20.7 Å². The molecule has 0 aliphatic heterocycles. The molecule has 7 heteroatoms. The lowest BCUT2D eigenvalue weighted by molar-refractivity contribution is -0.384. The van der Waals surface area contributed by atoms with E-state index in [1.807, 2.05) is 0 Å². The largest absolute Gasteiger partial charge is 0.491 e. The maximum Gasteiger partial charge on any atom is 0.275 e. The van der Waals surface area contributed by atoms with Crippen molar-refractivity contribution in [3.8, 4) is 5.75 Å². The third-order valence-corrected chi connectivity index (χ3v) is 2.15. The van der Waals surface area contributed by atoms with Crippen LogP contribution in [-0.4, -0.2) is 35.0 Å². The van der Waals surface area contributed by atoms with Crippen LogP contribution in [0.4, 0.5) is 11.4 Å². The van der Waals surface area contributed by atoms with E-state index < -0.39 is 4.92 Å². The SMILES string of the molecule is Nc1cc([N+](=O)[O-])cc(OCCO)c1CCO. The summed E-state index contributed by atoms with van der Waals surface area (Å²) in [5, 5.41) is 28.2. The molecular formula is C10H14N2O5. The number of non-ortho nitro benzene ring substituents is 1. The van der Waals surface area contributed by atoms with E-state index in [-0.39, 0.29) is 43.4 Å². The minimum absolute atomic E-state index is 0.0129. The molecule has 0 aliphatic rings. The fourth-order valence-electron chi connectivity index (χ4n) is 1.42. The number of nitro benzene ring substituents is 1. The lowest BCUT2D eigenvalue weighted by Gasteiger charge is -2.12. The standard InChI is InChI=1S/C10H14N2O5/c11-9-5-7(12(15)16)6-10(17-4-3-14)8(9)1-2-13/h5-6,13-14H,1-4,11H2. The van der Waals surface area contributed by atoms with Crippen molar-refractivity contribution in [2.24, 2.45) is 0 Å². The quantitative estimate of drug-likeness (QED) is 0.369. The lowest BCUT2D eigenvalue weighted by Crippen LogP contribution is -2.07. The number of nitrogens with two attached hydrogens (primary N) is 1. The van der Waals surface area contributed by atoms with Gasteiger partial charge in [0.15, 0.2) is 0 Å². The van der Waals surface area contributed by atoms with Gasteiger partial charge in [0.2, 0.25) is 0 Å². The van der Waals surface area contributed by atoms with Gasteiger partial charge in [-0.1, -0.05) is 0 Å². The first-order valence-electron chi connectivity index (χ1n) is 5.01. The van der Waals surface area contributed by atoms with Gasteiger partial charge in [-0.25, -0.2) is 0 Å². The van der Waals surface area contributed by atoms with E-state index in [4.69, 9.17) is 20.7 Å². The van der Waals surface area contributed by atoms with Crippen molar-refractivity contribution in [2.45, 2.75) is 6.42 Å². The van der Waals surface area contributed by atoms with Gasteiger partial charge in [0.05, 0.1) is 17.6 Å². The molecule has 0 spiro atoms. The van der Waals surface area contributed by atoms with Crippen LogP contribution in [0.2, 0.25) is 0 Å². The Labute approximate surface area is 97.6 Å². The zero-order chi connectivity index (χ0) is 12.8. The van der Waals surface area contributed by atoms with E-state index in [1.54, 1.807) is 0 Å². The predicted octanol–water partition coefficient (Wildman–Crippen LogP) is 0.0829. The molecule has 0 heterocycles. The molecule has 1 rings (SSSR count). The van der Waals surface area contributed by atoms with E-state index in [0.717, 1.165) is 0 Å². The summed E-state index contributed by atoms with van der Waals surface area (Å²) in [5.41, 5.74) is 6.18. The van der Waals surface area contributed by atoms with Crippen LogP contribution in [0.5, 0.6) is 5.75 Å². The number of aliphatic hydroxyl groups excluding tert-OH is 2. The first-order valence-corrected chi connectivity index (χ1v) is 5.01. The molecular weight excluding hydrogens is 228 g/mol. The minimum Gasteiger partial charge on any atom is -0.491 e. The summed E-state index contributed by atoms with van der Waals surface area (Å²) in [5.74, 6) is 0.222. The number of nitro groups is 1.